The number of aromatic nitrogens is 3. The van der Waals surface area contributed by atoms with Crippen molar-refractivity contribution in [2.45, 2.75) is 57.1 Å². The third kappa shape index (κ3) is 5.20. The number of hydrogen-bond acceptors (Lipinski definition) is 5. The van der Waals surface area contributed by atoms with Crippen molar-refractivity contribution in [2.75, 3.05) is 11.5 Å². The van der Waals surface area contributed by atoms with E-state index in [1.807, 2.05) is 11.8 Å². The topological polar surface area (TPSA) is 56.7 Å². The Kier molecular flexibility index (Phi) is 6.52. The molecule has 1 aromatic rings. The van der Waals surface area contributed by atoms with E-state index in [4.69, 9.17) is 5.73 Å². The van der Waals surface area contributed by atoms with Gasteiger partial charge in [0.1, 0.15) is 5.82 Å². The summed E-state index contributed by atoms with van der Waals surface area (Å²) in [4.78, 5) is 0. The Hall–Kier alpha value is -0.200. The highest BCUT2D eigenvalue weighted by atomic mass is 32.2. The number of rotatable bonds is 7. The number of nitrogens with zero attached hydrogens (tertiary/aromatic N) is 3. The molecule has 1 rings (SSSR count). The maximum absolute atomic E-state index is 5.67. The maximum atomic E-state index is 5.67. The molecule has 6 heteroatoms. The highest BCUT2D eigenvalue weighted by Crippen LogP contribution is 2.26. The smallest absolute Gasteiger partial charge is 0.191 e. The molecule has 0 amide bonds. The van der Waals surface area contributed by atoms with Crippen molar-refractivity contribution in [1.82, 2.24) is 14.8 Å². The molecule has 0 unspecified atom stereocenters. The molecule has 104 valence electrons. The van der Waals surface area contributed by atoms with Gasteiger partial charge in [0.05, 0.1) is 6.54 Å². The van der Waals surface area contributed by atoms with E-state index in [1.165, 1.54) is 0 Å². The van der Waals surface area contributed by atoms with Crippen LogP contribution < -0.4 is 5.73 Å². The molecule has 0 aromatic carbocycles. The maximum Gasteiger partial charge on any atom is 0.191 e. The van der Waals surface area contributed by atoms with Crippen LogP contribution in [0.3, 0.4) is 0 Å². The van der Waals surface area contributed by atoms with E-state index in [-0.39, 0.29) is 0 Å². The van der Waals surface area contributed by atoms with Crippen LogP contribution in [-0.2, 0) is 13.1 Å². The van der Waals surface area contributed by atoms with Crippen LogP contribution in [0.2, 0.25) is 0 Å². The third-order valence-electron chi connectivity index (χ3n) is 2.27. The first-order valence-corrected chi connectivity index (χ1v) is 8.34. The van der Waals surface area contributed by atoms with Crippen molar-refractivity contribution >= 4 is 23.5 Å². The lowest BCUT2D eigenvalue weighted by atomic mass is 10.3. The molecule has 0 spiro atoms. The summed E-state index contributed by atoms with van der Waals surface area (Å²) in [5, 5.41) is 9.37. The zero-order valence-corrected chi connectivity index (χ0v) is 13.4. The van der Waals surface area contributed by atoms with E-state index in [0.717, 1.165) is 35.5 Å². The fourth-order valence-electron chi connectivity index (χ4n) is 1.51. The van der Waals surface area contributed by atoms with Crippen LogP contribution in [0.4, 0.5) is 0 Å². The Bertz CT molecular complexity index is 357. The summed E-state index contributed by atoms with van der Waals surface area (Å²) in [5.74, 6) is 3.09. The molecule has 1 aromatic heterocycles. The number of hydrogen-bond donors (Lipinski definition) is 1. The van der Waals surface area contributed by atoms with Gasteiger partial charge in [0.15, 0.2) is 5.16 Å². The van der Waals surface area contributed by atoms with Gasteiger partial charge in [-0.15, -0.1) is 10.2 Å². The summed E-state index contributed by atoms with van der Waals surface area (Å²) in [6.07, 6.45) is 1.08. The molecule has 1 heterocycles. The van der Waals surface area contributed by atoms with Crippen LogP contribution in [0.15, 0.2) is 5.16 Å². The summed E-state index contributed by atoms with van der Waals surface area (Å²) in [5.41, 5.74) is 5.67. The lowest BCUT2D eigenvalue weighted by molar-refractivity contribution is 0.592. The molecule has 0 fully saturated rings. The van der Waals surface area contributed by atoms with Crippen LogP contribution in [-0.4, -0.2) is 31.0 Å². The zero-order chi connectivity index (χ0) is 13.6. The van der Waals surface area contributed by atoms with Crippen molar-refractivity contribution in [3.05, 3.63) is 5.82 Å². The van der Waals surface area contributed by atoms with E-state index in [1.54, 1.807) is 11.8 Å². The average molecular weight is 288 g/mol. The first-order chi connectivity index (χ1) is 8.48. The summed E-state index contributed by atoms with van der Waals surface area (Å²) >= 11 is 3.76. The van der Waals surface area contributed by atoms with Gasteiger partial charge < -0.3 is 10.3 Å². The molecule has 0 bridgehead atoms. The standard InChI is InChI=1S/C12H24N4S2/c1-5-6-16-10(9-13)14-15-11(16)17-7-8-18-12(2,3)4/h5-9,13H2,1-4H3. The van der Waals surface area contributed by atoms with Crippen LogP contribution in [0.1, 0.15) is 39.9 Å². The average Bonchev–Trinajstić information content (AvgIpc) is 2.66. The highest BCUT2D eigenvalue weighted by molar-refractivity contribution is 8.03. The van der Waals surface area contributed by atoms with Crippen LogP contribution in [0.25, 0.3) is 0 Å². The predicted molar refractivity (Wildman–Crippen MR) is 81.1 cm³/mol. The Morgan fingerprint density at radius 3 is 2.50 bits per heavy atom. The number of thioether (sulfide) groups is 2. The van der Waals surface area contributed by atoms with Gasteiger partial charge >= 0.3 is 0 Å². The molecular weight excluding hydrogens is 264 g/mol. The van der Waals surface area contributed by atoms with Crippen LogP contribution in [0.5, 0.6) is 0 Å². The van der Waals surface area contributed by atoms with Gasteiger partial charge in [0, 0.05) is 22.8 Å². The molecule has 0 radical (unpaired) electrons. The van der Waals surface area contributed by atoms with Gasteiger partial charge in [-0.2, -0.15) is 11.8 Å². The Morgan fingerprint density at radius 2 is 1.94 bits per heavy atom. The van der Waals surface area contributed by atoms with E-state index < -0.39 is 0 Å². The first-order valence-electron chi connectivity index (χ1n) is 6.37. The fraction of sp³-hybridized carbons (Fsp3) is 0.833. The van der Waals surface area contributed by atoms with Gasteiger partial charge in [0.2, 0.25) is 0 Å². The van der Waals surface area contributed by atoms with Gasteiger partial charge in [-0.3, -0.25) is 0 Å². The normalized spacial score (nSPS) is 12.1. The molecule has 0 aliphatic heterocycles. The molecule has 18 heavy (non-hydrogen) atoms. The largest absolute Gasteiger partial charge is 0.324 e. The van der Waals surface area contributed by atoms with Gasteiger partial charge in [-0.25, -0.2) is 0 Å². The lowest BCUT2D eigenvalue weighted by Crippen LogP contribution is -2.10. The second-order valence-electron chi connectivity index (χ2n) is 5.06. The zero-order valence-electron chi connectivity index (χ0n) is 11.8. The van der Waals surface area contributed by atoms with Crippen LogP contribution >= 0.6 is 23.5 Å². The molecule has 0 aliphatic rings. The summed E-state index contributed by atoms with van der Waals surface area (Å²) < 4.78 is 2.48. The Morgan fingerprint density at radius 1 is 1.22 bits per heavy atom. The number of nitrogens with two attached hydrogens (primary N) is 1. The molecule has 0 aliphatic carbocycles. The first kappa shape index (κ1) is 15.9. The van der Waals surface area contributed by atoms with E-state index in [2.05, 4.69) is 42.5 Å². The summed E-state index contributed by atoms with van der Waals surface area (Å²) in [7, 11) is 0. The van der Waals surface area contributed by atoms with E-state index in [9.17, 15) is 0 Å². The molecule has 0 atom stereocenters. The van der Waals surface area contributed by atoms with Crippen molar-refractivity contribution in [2.24, 2.45) is 5.73 Å². The molecular formula is C12H24N4S2. The van der Waals surface area contributed by atoms with Crippen molar-refractivity contribution in [3.63, 3.8) is 0 Å². The quantitative estimate of drug-likeness (QED) is 0.617. The second-order valence-corrected chi connectivity index (χ2v) is 8.05. The van der Waals surface area contributed by atoms with E-state index in [0.29, 0.717) is 11.3 Å². The van der Waals surface area contributed by atoms with Crippen molar-refractivity contribution in [3.8, 4) is 0 Å². The third-order valence-corrected chi connectivity index (χ3v) is 4.77. The van der Waals surface area contributed by atoms with Crippen molar-refractivity contribution in [1.29, 1.82) is 0 Å². The summed E-state index contributed by atoms with van der Waals surface area (Å²) in [6, 6.07) is 0. The van der Waals surface area contributed by atoms with Gasteiger partial charge in [-0.1, -0.05) is 39.5 Å². The van der Waals surface area contributed by atoms with Gasteiger partial charge in [0.25, 0.3) is 0 Å². The predicted octanol–water partition coefficient (Wildman–Crippen LogP) is 2.77. The van der Waals surface area contributed by atoms with Crippen molar-refractivity contribution < 1.29 is 0 Å². The SMILES string of the molecule is CCCn1c(CN)nnc1SCCSC(C)(C)C. The minimum absolute atomic E-state index is 0.333. The monoisotopic (exact) mass is 288 g/mol. The highest BCUT2D eigenvalue weighted by Gasteiger charge is 2.12. The van der Waals surface area contributed by atoms with E-state index >= 15 is 0 Å². The minimum atomic E-state index is 0.333. The van der Waals surface area contributed by atoms with Crippen LogP contribution in [0, 0.1) is 0 Å². The molecule has 2 N–H and O–H groups in total. The molecule has 0 saturated heterocycles. The molecule has 0 saturated carbocycles. The van der Waals surface area contributed by atoms with Gasteiger partial charge in [-0.05, 0) is 6.42 Å². The Balaban J connectivity index is 2.49. The summed E-state index contributed by atoms with van der Waals surface area (Å²) in [6.45, 7) is 10.3. The lowest BCUT2D eigenvalue weighted by Gasteiger charge is -2.17. The Labute approximate surface area is 118 Å². The fourth-order valence-corrected chi connectivity index (χ4v) is 3.42. The minimum Gasteiger partial charge on any atom is -0.324 e. The molecule has 4 nitrogen and oxygen atoms in total. The second kappa shape index (κ2) is 7.40.